The van der Waals surface area contributed by atoms with Crippen LogP contribution in [0.15, 0.2) is 57.1 Å². The number of pyridine rings is 1. The Morgan fingerprint density at radius 1 is 1.20 bits per heavy atom. The molecule has 0 aliphatic heterocycles. The number of nitrogen functional groups attached to an aromatic ring is 1. The van der Waals surface area contributed by atoms with Gasteiger partial charge in [-0.15, -0.1) is 16.4 Å². The summed E-state index contributed by atoms with van der Waals surface area (Å²) in [5.41, 5.74) is 7.83. The molecule has 0 radical (unpaired) electrons. The molecule has 30 heavy (non-hydrogen) atoms. The summed E-state index contributed by atoms with van der Waals surface area (Å²) in [7, 11) is 0. The van der Waals surface area contributed by atoms with Gasteiger partial charge < -0.3 is 10.6 Å². The van der Waals surface area contributed by atoms with Crippen molar-refractivity contribution in [1.82, 2.24) is 25.1 Å². The van der Waals surface area contributed by atoms with Crippen LogP contribution in [0.25, 0.3) is 10.9 Å². The van der Waals surface area contributed by atoms with Gasteiger partial charge in [-0.1, -0.05) is 0 Å². The lowest BCUT2D eigenvalue weighted by Crippen LogP contribution is -2.33. The molecule has 0 fully saturated rings. The summed E-state index contributed by atoms with van der Waals surface area (Å²) >= 11 is 8.20. The molecular weight excluding hydrogens is 532 g/mol. The van der Waals surface area contributed by atoms with E-state index < -0.39 is 0 Å². The molecule has 152 valence electrons. The molecule has 1 amide bonds. The highest BCUT2D eigenvalue weighted by atomic mass is 79.9. The first-order chi connectivity index (χ1) is 14.4. The van der Waals surface area contributed by atoms with Crippen molar-refractivity contribution in [3.05, 3.63) is 73.3 Å². The largest absolute Gasteiger partial charge is 0.383 e. The van der Waals surface area contributed by atoms with Crippen LogP contribution < -0.4 is 5.73 Å². The summed E-state index contributed by atoms with van der Waals surface area (Å²) in [4.78, 5) is 24.0. The van der Waals surface area contributed by atoms with Crippen LogP contribution in [0.3, 0.4) is 0 Å². The van der Waals surface area contributed by atoms with E-state index in [2.05, 4.69) is 52.0 Å². The van der Waals surface area contributed by atoms with Crippen molar-refractivity contribution in [2.45, 2.75) is 19.5 Å². The van der Waals surface area contributed by atoms with Gasteiger partial charge in [0.25, 0.3) is 5.91 Å². The average molecular weight is 548 g/mol. The van der Waals surface area contributed by atoms with Gasteiger partial charge in [0, 0.05) is 22.5 Å². The molecule has 7 nitrogen and oxygen atoms in total. The number of thiazole rings is 1. The SMILES string of the molecule is C[C@H](c1nccs1)N(Cc1ccc(Br)nn1)C(=O)c1ccc2nc(N)c(Br)cc2c1. The normalized spacial score (nSPS) is 12.1. The third-order valence-corrected chi connectivity index (χ3v) is 6.60. The van der Waals surface area contributed by atoms with E-state index in [-0.39, 0.29) is 11.9 Å². The van der Waals surface area contributed by atoms with Gasteiger partial charge in [-0.05, 0) is 75.2 Å². The fraction of sp³-hybridized carbons (Fsp3) is 0.150. The maximum absolute atomic E-state index is 13.5. The van der Waals surface area contributed by atoms with E-state index in [1.807, 2.05) is 36.6 Å². The van der Waals surface area contributed by atoms with Crippen molar-refractivity contribution in [3.8, 4) is 0 Å². The van der Waals surface area contributed by atoms with Gasteiger partial charge in [-0.25, -0.2) is 9.97 Å². The predicted octanol–water partition coefficient (Wildman–Crippen LogP) is 4.99. The zero-order valence-electron chi connectivity index (χ0n) is 15.8. The van der Waals surface area contributed by atoms with Crippen molar-refractivity contribution >= 4 is 65.8 Å². The molecule has 3 heterocycles. The number of nitrogens with two attached hydrogens (primary N) is 1. The number of carbonyl (C=O) groups excluding carboxylic acids is 1. The minimum atomic E-state index is -0.227. The van der Waals surface area contributed by atoms with Crippen LogP contribution in [-0.4, -0.2) is 31.0 Å². The summed E-state index contributed by atoms with van der Waals surface area (Å²) < 4.78 is 1.33. The summed E-state index contributed by atoms with van der Waals surface area (Å²) in [6, 6.07) is 10.7. The molecule has 0 bridgehead atoms. The molecule has 4 aromatic rings. The lowest BCUT2D eigenvalue weighted by Gasteiger charge is -2.28. The Morgan fingerprint density at radius 2 is 2.03 bits per heavy atom. The molecule has 0 unspecified atom stereocenters. The fourth-order valence-corrected chi connectivity index (χ4v) is 4.28. The van der Waals surface area contributed by atoms with Crippen molar-refractivity contribution in [2.75, 3.05) is 5.73 Å². The summed E-state index contributed by atoms with van der Waals surface area (Å²) in [6.45, 7) is 2.27. The van der Waals surface area contributed by atoms with Gasteiger partial charge in [0.15, 0.2) is 0 Å². The van der Waals surface area contributed by atoms with E-state index in [4.69, 9.17) is 5.73 Å². The lowest BCUT2D eigenvalue weighted by molar-refractivity contribution is 0.0671. The third kappa shape index (κ3) is 4.35. The van der Waals surface area contributed by atoms with Crippen LogP contribution in [0.4, 0.5) is 5.82 Å². The highest BCUT2D eigenvalue weighted by Crippen LogP contribution is 2.28. The standard InChI is InChI=1S/C20H16Br2N6OS/c1-11(19-24-6-7-30-19)28(10-14-3-5-17(22)27-26-14)20(29)12-2-4-16-13(8-12)9-15(21)18(23)25-16/h2-9,11H,10H2,1H3,(H2,23,25)/t11-/m1/s1. The zero-order valence-corrected chi connectivity index (χ0v) is 19.8. The minimum absolute atomic E-state index is 0.128. The highest BCUT2D eigenvalue weighted by molar-refractivity contribution is 9.10. The second-order valence-corrected chi connectivity index (χ2v) is 9.18. The first-order valence-corrected chi connectivity index (χ1v) is 11.4. The monoisotopic (exact) mass is 546 g/mol. The van der Waals surface area contributed by atoms with Gasteiger partial charge in [0.2, 0.25) is 0 Å². The van der Waals surface area contributed by atoms with Gasteiger partial charge in [-0.3, -0.25) is 4.79 Å². The van der Waals surface area contributed by atoms with Crippen molar-refractivity contribution in [2.24, 2.45) is 0 Å². The van der Waals surface area contributed by atoms with Crippen LogP contribution in [0, 0.1) is 0 Å². The van der Waals surface area contributed by atoms with Crippen LogP contribution in [0.2, 0.25) is 0 Å². The molecule has 2 N–H and O–H groups in total. The lowest BCUT2D eigenvalue weighted by atomic mass is 10.1. The number of rotatable bonds is 5. The Kier molecular flexibility index (Phi) is 6.07. The van der Waals surface area contributed by atoms with Crippen molar-refractivity contribution < 1.29 is 4.79 Å². The number of carbonyl (C=O) groups is 1. The molecule has 0 saturated heterocycles. The second kappa shape index (κ2) is 8.75. The first kappa shape index (κ1) is 20.8. The van der Waals surface area contributed by atoms with E-state index >= 15 is 0 Å². The molecule has 3 aromatic heterocycles. The molecule has 0 aliphatic carbocycles. The number of fused-ring (bicyclic) bond motifs is 1. The quantitative estimate of drug-likeness (QED) is 0.378. The predicted molar refractivity (Wildman–Crippen MR) is 124 cm³/mol. The zero-order chi connectivity index (χ0) is 21.3. The fourth-order valence-electron chi connectivity index (χ4n) is 3.03. The van der Waals surface area contributed by atoms with Crippen LogP contribution in [0.5, 0.6) is 0 Å². The average Bonchev–Trinajstić information content (AvgIpc) is 3.28. The Balaban J connectivity index is 1.71. The summed E-state index contributed by atoms with van der Waals surface area (Å²) in [5.74, 6) is 0.284. The Labute approximate surface area is 193 Å². The summed E-state index contributed by atoms with van der Waals surface area (Å²) in [6.07, 6.45) is 1.74. The number of hydrogen-bond donors (Lipinski definition) is 1. The number of anilines is 1. The van der Waals surface area contributed by atoms with Gasteiger partial charge in [0.1, 0.15) is 15.4 Å². The highest BCUT2D eigenvalue weighted by Gasteiger charge is 2.25. The molecule has 10 heteroatoms. The van der Waals surface area contributed by atoms with Crippen molar-refractivity contribution in [3.63, 3.8) is 0 Å². The molecule has 1 atom stereocenters. The number of nitrogens with zero attached hydrogens (tertiary/aromatic N) is 5. The van der Waals surface area contributed by atoms with Crippen LogP contribution >= 0.6 is 43.2 Å². The van der Waals surface area contributed by atoms with E-state index in [1.54, 1.807) is 23.2 Å². The minimum Gasteiger partial charge on any atom is -0.383 e. The number of aromatic nitrogens is 4. The smallest absolute Gasteiger partial charge is 0.254 e. The molecule has 0 spiro atoms. The van der Waals surface area contributed by atoms with Crippen LogP contribution in [0.1, 0.15) is 34.0 Å². The first-order valence-electron chi connectivity index (χ1n) is 8.96. The second-order valence-electron chi connectivity index (χ2n) is 6.59. The maximum Gasteiger partial charge on any atom is 0.254 e. The molecule has 1 aromatic carbocycles. The molecule has 0 saturated carbocycles. The van der Waals surface area contributed by atoms with E-state index in [0.29, 0.717) is 32.7 Å². The van der Waals surface area contributed by atoms with Gasteiger partial charge >= 0.3 is 0 Å². The number of amides is 1. The van der Waals surface area contributed by atoms with E-state index in [1.165, 1.54) is 11.3 Å². The van der Waals surface area contributed by atoms with E-state index in [0.717, 1.165) is 15.9 Å². The molecule has 4 rings (SSSR count). The van der Waals surface area contributed by atoms with Crippen molar-refractivity contribution in [1.29, 1.82) is 0 Å². The number of benzene rings is 1. The number of halogens is 2. The number of hydrogen-bond acceptors (Lipinski definition) is 7. The van der Waals surface area contributed by atoms with E-state index in [9.17, 15) is 4.79 Å². The van der Waals surface area contributed by atoms with Crippen LogP contribution in [-0.2, 0) is 6.54 Å². The molecular formula is C20H16Br2N6OS. The third-order valence-electron chi connectivity index (χ3n) is 4.60. The molecule has 0 aliphatic rings. The van der Waals surface area contributed by atoms with Gasteiger partial charge in [-0.2, -0.15) is 5.10 Å². The maximum atomic E-state index is 13.5. The Morgan fingerprint density at radius 3 is 2.73 bits per heavy atom. The Bertz CT molecular complexity index is 1200. The topological polar surface area (TPSA) is 97.9 Å². The van der Waals surface area contributed by atoms with Gasteiger partial charge in [0.05, 0.1) is 28.3 Å². The Hall–Kier alpha value is -2.43. The summed E-state index contributed by atoms with van der Waals surface area (Å²) in [5, 5.41) is 11.8.